The Morgan fingerprint density at radius 3 is 2.45 bits per heavy atom. The summed E-state index contributed by atoms with van der Waals surface area (Å²) in [5, 5.41) is -0.678. The normalized spacial score (nSPS) is 11.7. The average molecular weight is 552 g/mol. The third-order valence-electron chi connectivity index (χ3n) is 5.42. The highest BCUT2D eigenvalue weighted by atomic mass is 35.5. The zero-order valence-corrected chi connectivity index (χ0v) is 20.9. The molecule has 38 heavy (non-hydrogen) atoms. The van der Waals surface area contributed by atoms with E-state index in [2.05, 4.69) is 19.9 Å². The topological polar surface area (TPSA) is 82.8 Å². The molecule has 0 atom stereocenters. The van der Waals surface area contributed by atoms with Gasteiger partial charge in [-0.3, -0.25) is 19.3 Å². The Morgan fingerprint density at radius 1 is 1.05 bits per heavy atom. The van der Waals surface area contributed by atoms with Gasteiger partial charge in [0, 0.05) is 30.4 Å². The number of pyridine rings is 3. The summed E-state index contributed by atoms with van der Waals surface area (Å²) in [6.07, 6.45) is -1.48. The van der Waals surface area contributed by atoms with Gasteiger partial charge >= 0.3 is 6.18 Å². The Kier molecular flexibility index (Phi) is 7.45. The summed E-state index contributed by atoms with van der Waals surface area (Å²) >= 11 is 6.13. The van der Waals surface area contributed by atoms with E-state index in [9.17, 15) is 26.7 Å². The molecule has 4 aromatic rings. The molecule has 0 aliphatic carbocycles. The van der Waals surface area contributed by atoms with Crippen LogP contribution in [-0.4, -0.2) is 24.5 Å². The average Bonchev–Trinajstić information content (AvgIpc) is 2.85. The van der Waals surface area contributed by atoms with Gasteiger partial charge in [-0.1, -0.05) is 25.4 Å². The van der Waals surface area contributed by atoms with Crippen molar-refractivity contribution in [2.75, 3.05) is 0 Å². The lowest BCUT2D eigenvalue weighted by molar-refractivity contribution is -0.143. The molecule has 0 amide bonds. The number of ether oxygens (including phenoxy) is 1. The fraction of sp³-hybridized carbons (Fsp3) is 0.240. The van der Waals surface area contributed by atoms with E-state index in [4.69, 9.17) is 16.3 Å². The number of alkyl halides is 3. The molecule has 13 heteroatoms. The zero-order chi connectivity index (χ0) is 27.8. The highest BCUT2D eigenvalue weighted by molar-refractivity contribution is 6.31. The van der Waals surface area contributed by atoms with Crippen molar-refractivity contribution in [1.82, 2.24) is 24.5 Å². The molecule has 0 radical (unpaired) electrons. The second kappa shape index (κ2) is 10.4. The first-order valence-corrected chi connectivity index (χ1v) is 11.5. The maximum absolute atomic E-state index is 14.2. The van der Waals surface area contributed by atoms with E-state index in [1.54, 1.807) is 6.07 Å². The molecule has 0 unspecified atom stereocenters. The van der Waals surface area contributed by atoms with Crippen molar-refractivity contribution in [3.8, 4) is 22.8 Å². The standard InChI is InChI=1S/C25H19ClF5N5O2/c1-12(2)23-32-5-4-16(35-23)17-7-19(13(3)9-33-17)36-21(25(29,30)31)8-20(22(26)24(36)37)38-11-18-15(28)6-14(27)10-34-18/h4-10,12H,11H2,1-3H3. The summed E-state index contributed by atoms with van der Waals surface area (Å²) in [6, 6.07) is 3.92. The lowest BCUT2D eigenvalue weighted by Crippen LogP contribution is -2.28. The molecular weight excluding hydrogens is 533 g/mol. The van der Waals surface area contributed by atoms with Crippen LogP contribution in [0.15, 0.2) is 47.7 Å². The van der Waals surface area contributed by atoms with Gasteiger partial charge < -0.3 is 4.74 Å². The van der Waals surface area contributed by atoms with Crippen molar-refractivity contribution in [1.29, 1.82) is 0 Å². The minimum absolute atomic E-state index is 0.00995. The van der Waals surface area contributed by atoms with Crippen molar-refractivity contribution in [2.45, 2.75) is 39.5 Å². The van der Waals surface area contributed by atoms with Crippen LogP contribution in [0.2, 0.25) is 5.02 Å². The number of hydrogen-bond donors (Lipinski definition) is 0. The van der Waals surface area contributed by atoms with Crippen LogP contribution in [0, 0.1) is 18.6 Å². The van der Waals surface area contributed by atoms with Crippen LogP contribution in [-0.2, 0) is 12.8 Å². The summed E-state index contributed by atoms with van der Waals surface area (Å²) in [4.78, 5) is 29.5. The predicted octanol–water partition coefficient (Wildman–Crippen LogP) is 6.05. The Labute approximate surface area is 218 Å². The van der Waals surface area contributed by atoms with Gasteiger partial charge in [0.2, 0.25) is 0 Å². The summed E-state index contributed by atoms with van der Waals surface area (Å²) < 4.78 is 75.2. The molecule has 0 spiro atoms. The van der Waals surface area contributed by atoms with Crippen LogP contribution in [0.25, 0.3) is 17.1 Å². The van der Waals surface area contributed by atoms with Gasteiger partial charge in [0.15, 0.2) is 5.82 Å². The quantitative estimate of drug-likeness (QED) is 0.272. The smallest absolute Gasteiger partial charge is 0.432 e. The van der Waals surface area contributed by atoms with Crippen LogP contribution >= 0.6 is 11.6 Å². The molecule has 0 bridgehead atoms. The van der Waals surface area contributed by atoms with Gasteiger partial charge in [0.05, 0.1) is 23.3 Å². The predicted molar refractivity (Wildman–Crippen MR) is 128 cm³/mol. The third-order valence-corrected chi connectivity index (χ3v) is 5.77. The first-order valence-electron chi connectivity index (χ1n) is 11.1. The molecule has 4 aromatic heterocycles. The van der Waals surface area contributed by atoms with Crippen LogP contribution < -0.4 is 10.3 Å². The van der Waals surface area contributed by atoms with Crippen molar-refractivity contribution in [3.05, 3.63) is 92.6 Å². The number of nitrogens with zero attached hydrogens (tertiary/aromatic N) is 5. The van der Waals surface area contributed by atoms with Crippen LogP contribution in [0.4, 0.5) is 22.0 Å². The van der Waals surface area contributed by atoms with E-state index >= 15 is 0 Å². The lowest BCUT2D eigenvalue weighted by Gasteiger charge is -2.20. The number of rotatable bonds is 6. The van der Waals surface area contributed by atoms with Crippen molar-refractivity contribution < 1.29 is 26.7 Å². The highest BCUT2D eigenvalue weighted by Gasteiger charge is 2.37. The largest absolute Gasteiger partial charge is 0.485 e. The van der Waals surface area contributed by atoms with Gasteiger partial charge in [-0.2, -0.15) is 13.2 Å². The van der Waals surface area contributed by atoms with Gasteiger partial charge in [-0.05, 0) is 24.6 Å². The SMILES string of the molecule is Cc1cnc(-c2ccnc(C(C)C)n2)cc1-n1c(C(F)(F)F)cc(OCc2ncc(F)cc2F)c(Cl)c1=O. The summed E-state index contributed by atoms with van der Waals surface area (Å²) in [7, 11) is 0. The Hall–Kier alpha value is -3.93. The van der Waals surface area contributed by atoms with Crippen molar-refractivity contribution >= 4 is 11.6 Å². The maximum atomic E-state index is 14.2. The molecule has 0 aliphatic heterocycles. The van der Waals surface area contributed by atoms with Crippen molar-refractivity contribution in [3.63, 3.8) is 0 Å². The molecule has 7 nitrogen and oxygen atoms in total. The first-order chi connectivity index (χ1) is 17.9. The maximum Gasteiger partial charge on any atom is 0.432 e. The Balaban J connectivity index is 1.83. The van der Waals surface area contributed by atoms with Gasteiger partial charge in [-0.15, -0.1) is 0 Å². The fourth-order valence-corrected chi connectivity index (χ4v) is 3.70. The van der Waals surface area contributed by atoms with Crippen LogP contribution in [0.3, 0.4) is 0 Å². The van der Waals surface area contributed by atoms with Gasteiger partial charge in [0.25, 0.3) is 5.56 Å². The molecule has 0 saturated heterocycles. The van der Waals surface area contributed by atoms with E-state index in [1.807, 2.05) is 13.8 Å². The van der Waals surface area contributed by atoms with Crippen LogP contribution in [0.5, 0.6) is 5.75 Å². The monoisotopic (exact) mass is 551 g/mol. The summed E-state index contributed by atoms with van der Waals surface area (Å²) in [5.74, 6) is -2.16. The molecule has 198 valence electrons. The van der Waals surface area contributed by atoms with E-state index in [1.165, 1.54) is 25.4 Å². The van der Waals surface area contributed by atoms with Crippen LogP contribution in [0.1, 0.15) is 42.5 Å². The first kappa shape index (κ1) is 27.1. The number of aryl methyl sites for hydroxylation is 1. The minimum Gasteiger partial charge on any atom is -0.485 e. The second-order valence-electron chi connectivity index (χ2n) is 8.53. The highest BCUT2D eigenvalue weighted by Crippen LogP contribution is 2.36. The van der Waals surface area contributed by atoms with E-state index in [0.29, 0.717) is 34.4 Å². The lowest BCUT2D eigenvalue weighted by atomic mass is 10.1. The molecule has 0 aliphatic rings. The van der Waals surface area contributed by atoms with E-state index in [0.717, 1.165) is 0 Å². The van der Waals surface area contributed by atoms with Gasteiger partial charge in [-0.25, -0.2) is 18.7 Å². The van der Waals surface area contributed by atoms with E-state index < -0.39 is 46.4 Å². The molecular formula is C25H19ClF5N5O2. The molecule has 4 heterocycles. The number of hydrogen-bond acceptors (Lipinski definition) is 6. The minimum atomic E-state index is -5.02. The summed E-state index contributed by atoms with van der Waals surface area (Å²) in [6.45, 7) is 4.55. The summed E-state index contributed by atoms with van der Waals surface area (Å²) in [5.41, 5.74) is -2.32. The van der Waals surface area contributed by atoms with Gasteiger partial charge in [0.1, 0.15) is 40.4 Å². The number of halogens is 6. The number of aromatic nitrogens is 5. The molecule has 4 rings (SSSR count). The molecule has 0 N–H and O–H groups in total. The fourth-order valence-electron chi connectivity index (χ4n) is 3.50. The van der Waals surface area contributed by atoms with E-state index in [-0.39, 0.29) is 28.6 Å². The second-order valence-corrected chi connectivity index (χ2v) is 8.91. The zero-order valence-electron chi connectivity index (χ0n) is 20.1. The third kappa shape index (κ3) is 5.49. The Bertz CT molecular complexity index is 1570. The molecule has 0 fully saturated rings. The molecule has 0 aromatic carbocycles. The molecule has 0 saturated carbocycles. The Morgan fingerprint density at radius 2 is 1.79 bits per heavy atom. The van der Waals surface area contributed by atoms with Crippen molar-refractivity contribution in [2.24, 2.45) is 0 Å².